The smallest absolute Gasteiger partial charge is 0.206 e. The Labute approximate surface area is 203 Å². The van der Waals surface area contributed by atoms with Gasteiger partial charge in [0.1, 0.15) is 0 Å². The maximum atomic E-state index is 7.14. The first-order chi connectivity index (χ1) is 15.8. The fourth-order valence-corrected chi connectivity index (χ4v) is 8.09. The van der Waals surface area contributed by atoms with Crippen LogP contribution in [0.15, 0.2) is 42.5 Å². The molecule has 3 heteroatoms. The Morgan fingerprint density at radius 3 is 1.76 bits per heavy atom. The molecule has 6 unspecified atom stereocenters. The maximum Gasteiger partial charge on any atom is 0.206 e. The molecule has 0 amide bonds. The lowest BCUT2D eigenvalue weighted by Gasteiger charge is -2.42. The summed E-state index contributed by atoms with van der Waals surface area (Å²) in [6, 6.07) is 15.4. The van der Waals surface area contributed by atoms with Gasteiger partial charge in [-0.1, -0.05) is 90.8 Å². The van der Waals surface area contributed by atoms with Gasteiger partial charge in [0, 0.05) is 5.30 Å². The third kappa shape index (κ3) is 6.01. The molecule has 2 aliphatic rings. The highest BCUT2D eigenvalue weighted by Crippen LogP contribution is 2.50. The lowest BCUT2D eigenvalue weighted by molar-refractivity contribution is 0.0131. The largest absolute Gasteiger partial charge is 0.327 e. The van der Waals surface area contributed by atoms with Crippen LogP contribution in [-0.4, -0.2) is 12.2 Å². The summed E-state index contributed by atoms with van der Waals surface area (Å²) in [5.74, 6) is 3.99. The minimum absolute atomic E-state index is 0.289. The Balaban J connectivity index is 1.68. The van der Waals surface area contributed by atoms with Gasteiger partial charge in [-0.25, -0.2) is 0 Å². The van der Waals surface area contributed by atoms with Crippen molar-refractivity contribution in [1.82, 2.24) is 0 Å². The van der Waals surface area contributed by atoms with Crippen molar-refractivity contribution in [3.63, 3.8) is 0 Å². The lowest BCUT2D eigenvalue weighted by Crippen LogP contribution is -2.37. The number of hydrogen-bond donors (Lipinski definition) is 0. The van der Waals surface area contributed by atoms with Crippen LogP contribution in [0.5, 0.6) is 0 Å². The van der Waals surface area contributed by atoms with Gasteiger partial charge in [-0.3, -0.25) is 0 Å². The third-order valence-electron chi connectivity index (χ3n) is 8.35. The van der Waals surface area contributed by atoms with Crippen molar-refractivity contribution in [3.8, 4) is 0 Å². The molecule has 0 aliphatic heterocycles. The van der Waals surface area contributed by atoms with Gasteiger partial charge in [0.15, 0.2) is 0 Å². The van der Waals surface area contributed by atoms with Crippen LogP contribution < -0.4 is 5.30 Å². The average Bonchev–Trinajstić information content (AvgIpc) is 2.78. The number of rotatable bonds is 7. The van der Waals surface area contributed by atoms with E-state index in [1.165, 1.54) is 41.8 Å². The summed E-state index contributed by atoms with van der Waals surface area (Å²) >= 11 is 0. The summed E-state index contributed by atoms with van der Waals surface area (Å²) in [4.78, 5) is 0. The predicted molar refractivity (Wildman–Crippen MR) is 143 cm³/mol. The van der Waals surface area contributed by atoms with Gasteiger partial charge < -0.3 is 9.05 Å². The average molecular weight is 469 g/mol. The zero-order valence-corrected chi connectivity index (χ0v) is 22.6. The molecule has 2 fully saturated rings. The van der Waals surface area contributed by atoms with Crippen LogP contribution in [0.2, 0.25) is 0 Å². The van der Waals surface area contributed by atoms with Crippen LogP contribution in [0, 0.1) is 35.5 Å². The second-order valence-electron chi connectivity index (χ2n) is 11.7. The van der Waals surface area contributed by atoms with Gasteiger partial charge in [-0.15, -0.1) is 0 Å². The van der Waals surface area contributed by atoms with Crippen LogP contribution in [0.4, 0.5) is 0 Å². The van der Waals surface area contributed by atoms with Gasteiger partial charge in [0.05, 0.1) is 12.2 Å². The Kier molecular flexibility index (Phi) is 8.53. The summed E-state index contributed by atoms with van der Waals surface area (Å²) in [6.45, 7) is 14.3. The monoisotopic (exact) mass is 468 g/mol. The van der Waals surface area contributed by atoms with Crippen LogP contribution in [0.1, 0.15) is 80.1 Å². The molecule has 0 saturated heterocycles. The highest BCUT2D eigenvalue weighted by molar-refractivity contribution is 7.56. The highest BCUT2D eigenvalue weighted by atomic mass is 31.2. The molecule has 2 aromatic carbocycles. The molecule has 0 N–H and O–H groups in total. The lowest BCUT2D eigenvalue weighted by atomic mass is 9.75. The summed E-state index contributed by atoms with van der Waals surface area (Å²) in [5, 5.41) is 3.84. The van der Waals surface area contributed by atoms with E-state index in [0.717, 1.165) is 24.7 Å². The molecule has 182 valence electrons. The molecule has 2 nitrogen and oxygen atoms in total. The van der Waals surface area contributed by atoms with E-state index in [-0.39, 0.29) is 12.2 Å². The molecule has 0 bridgehead atoms. The Hall–Kier alpha value is -0.950. The van der Waals surface area contributed by atoms with Gasteiger partial charge in [0.25, 0.3) is 0 Å². The Morgan fingerprint density at radius 1 is 0.697 bits per heavy atom. The Morgan fingerprint density at radius 2 is 1.21 bits per heavy atom. The molecule has 0 radical (unpaired) electrons. The van der Waals surface area contributed by atoms with Crippen molar-refractivity contribution < 1.29 is 9.05 Å². The summed E-state index contributed by atoms with van der Waals surface area (Å²) in [6.07, 6.45) is 8.09. The van der Waals surface area contributed by atoms with Gasteiger partial charge >= 0.3 is 0 Å². The van der Waals surface area contributed by atoms with Gasteiger partial charge in [0.2, 0.25) is 8.38 Å². The molecule has 0 heterocycles. The summed E-state index contributed by atoms with van der Waals surface area (Å²) in [5.41, 5.74) is 0. The summed E-state index contributed by atoms with van der Waals surface area (Å²) in [7, 11) is -1.14. The van der Waals surface area contributed by atoms with Crippen LogP contribution in [0.25, 0.3) is 10.8 Å². The first-order valence-corrected chi connectivity index (χ1v) is 14.6. The first-order valence-electron chi connectivity index (χ1n) is 13.4. The molecular formula is C30H45O2P. The maximum absolute atomic E-state index is 7.14. The fraction of sp³-hybridized carbons (Fsp3) is 0.667. The van der Waals surface area contributed by atoms with E-state index in [1.807, 2.05) is 0 Å². The second kappa shape index (κ2) is 11.2. The van der Waals surface area contributed by atoms with Crippen molar-refractivity contribution in [2.45, 2.75) is 92.3 Å². The molecular weight excluding hydrogens is 423 g/mol. The van der Waals surface area contributed by atoms with E-state index in [9.17, 15) is 0 Å². The minimum Gasteiger partial charge on any atom is -0.327 e. The van der Waals surface area contributed by atoms with Crippen LogP contribution in [-0.2, 0) is 9.05 Å². The third-order valence-corrected chi connectivity index (χ3v) is 10.1. The number of fused-ring (bicyclic) bond motifs is 1. The highest BCUT2D eigenvalue weighted by Gasteiger charge is 2.38. The Bertz CT molecular complexity index is 855. The van der Waals surface area contributed by atoms with Crippen molar-refractivity contribution in [2.24, 2.45) is 35.5 Å². The topological polar surface area (TPSA) is 18.5 Å². The first kappa shape index (κ1) is 25.2. The summed E-state index contributed by atoms with van der Waals surface area (Å²) < 4.78 is 14.3. The van der Waals surface area contributed by atoms with Gasteiger partial charge in [-0.05, 0) is 78.0 Å². The molecule has 2 aromatic rings. The van der Waals surface area contributed by atoms with E-state index >= 15 is 0 Å². The van der Waals surface area contributed by atoms with Crippen LogP contribution in [0.3, 0.4) is 0 Å². The molecule has 0 spiro atoms. The number of hydrogen-bond acceptors (Lipinski definition) is 2. The molecule has 4 rings (SSSR count). The van der Waals surface area contributed by atoms with Crippen molar-refractivity contribution in [1.29, 1.82) is 0 Å². The van der Waals surface area contributed by atoms with E-state index in [1.54, 1.807) is 0 Å². The quantitative estimate of drug-likeness (QED) is 0.378. The SMILES string of the molecule is CC1CCC(C(C)C)C(OP(OC2CC(C)CCC2C(C)C)c2cccc3ccccc23)C1. The van der Waals surface area contributed by atoms with E-state index in [4.69, 9.17) is 9.05 Å². The molecule has 2 saturated carbocycles. The zero-order chi connectivity index (χ0) is 23.5. The van der Waals surface area contributed by atoms with Gasteiger partial charge in [-0.2, -0.15) is 0 Å². The molecule has 6 atom stereocenters. The molecule has 33 heavy (non-hydrogen) atoms. The molecule has 0 aromatic heterocycles. The van der Waals surface area contributed by atoms with Crippen molar-refractivity contribution in [2.75, 3.05) is 0 Å². The normalized spacial score (nSPS) is 31.9. The van der Waals surface area contributed by atoms with Crippen molar-refractivity contribution in [3.05, 3.63) is 42.5 Å². The zero-order valence-electron chi connectivity index (χ0n) is 21.7. The minimum atomic E-state index is -1.14. The standard InChI is InChI=1S/C30H45O2P/c1-20(2)25-16-14-22(5)18-28(25)31-33(30-13-9-11-24-10-7-8-12-27(24)30)32-29-19-23(6)15-17-26(29)21(3)4/h7-13,20-23,25-26,28-29H,14-19H2,1-6H3. The van der Waals surface area contributed by atoms with E-state index in [2.05, 4.69) is 84.0 Å². The van der Waals surface area contributed by atoms with E-state index in [0.29, 0.717) is 23.7 Å². The van der Waals surface area contributed by atoms with Crippen molar-refractivity contribution >= 4 is 24.5 Å². The second-order valence-corrected chi connectivity index (χ2v) is 13.1. The molecule has 2 aliphatic carbocycles. The number of benzene rings is 2. The van der Waals surface area contributed by atoms with Crippen LogP contribution >= 0.6 is 8.38 Å². The predicted octanol–water partition coefficient (Wildman–Crippen LogP) is 8.73. The van der Waals surface area contributed by atoms with E-state index < -0.39 is 8.38 Å². The fourth-order valence-electron chi connectivity index (χ4n) is 6.22.